The smallest absolute Gasteiger partial charge is 0.416 e. The highest BCUT2D eigenvalue weighted by molar-refractivity contribution is 5.69. The summed E-state index contributed by atoms with van der Waals surface area (Å²) in [4.78, 5) is 10.5. The van der Waals surface area contributed by atoms with E-state index in [4.69, 9.17) is 9.63 Å². The Morgan fingerprint density at radius 3 is 2.75 bits per heavy atom. The minimum absolute atomic E-state index is 0.0703. The van der Waals surface area contributed by atoms with Crippen LogP contribution in [0.2, 0.25) is 0 Å². The molecule has 0 amide bonds. The number of rotatable bonds is 4. The number of carboxylic acids is 1. The Morgan fingerprint density at radius 2 is 2.10 bits per heavy atom. The number of aryl methyl sites for hydroxylation is 1. The first kappa shape index (κ1) is 14.1. The van der Waals surface area contributed by atoms with Crippen molar-refractivity contribution in [3.8, 4) is 11.1 Å². The van der Waals surface area contributed by atoms with Gasteiger partial charge in [-0.3, -0.25) is 4.79 Å². The monoisotopic (exact) mass is 285 g/mol. The lowest BCUT2D eigenvalue weighted by Crippen LogP contribution is -2.04. The fourth-order valence-corrected chi connectivity index (χ4v) is 1.76. The molecule has 0 spiro atoms. The van der Waals surface area contributed by atoms with Crippen LogP contribution in [0.25, 0.3) is 11.1 Å². The molecule has 0 bridgehead atoms. The summed E-state index contributed by atoms with van der Waals surface area (Å²) in [5.41, 5.74) is -0.112. The highest BCUT2D eigenvalue weighted by Crippen LogP contribution is 2.33. The Kier molecular flexibility index (Phi) is 3.78. The van der Waals surface area contributed by atoms with E-state index in [0.29, 0.717) is 11.1 Å². The standard InChI is InChI=1S/C13H10F3NO3/c14-13(15,16)9-3-1-2-8(6-9)10-7-17-20-11(10)4-5-12(18)19/h1-3,6-7H,4-5H2,(H,18,19). The largest absolute Gasteiger partial charge is 0.481 e. The Labute approximate surface area is 111 Å². The molecule has 0 fully saturated rings. The van der Waals surface area contributed by atoms with Gasteiger partial charge in [0.15, 0.2) is 0 Å². The summed E-state index contributed by atoms with van der Waals surface area (Å²) in [7, 11) is 0. The van der Waals surface area contributed by atoms with Crippen LogP contribution in [0.1, 0.15) is 17.7 Å². The van der Waals surface area contributed by atoms with E-state index in [-0.39, 0.29) is 18.6 Å². The molecule has 0 saturated carbocycles. The van der Waals surface area contributed by atoms with Gasteiger partial charge in [0.2, 0.25) is 0 Å². The van der Waals surface area contributed by atoms with Crippen LogP contribution < -0.4 is 0 Å². The minimum Gasteiger partial charge on any atom is -0.481 e. The van der Waals surface area contributed by atoms with Gasteiger partial charge in [-0.15, -0.1) is 0 Å². The lowest BCUT2D eigenvalue weighted by atomic mass is 10.0. The third-order valence-electron chi connectivity index (χ3n) is 2.71. The molecule has 2 aromatic rings. The van der Waals surface area contributed by atoms with E-state index in [1.54, 1.807) is 0 Å². The number of carbonyl (C=O) groups is 1. The average molecular weight is 285 g/mol. The Hall–Kier alpha value is -2.31. The lowest BCUT2D eigenvalue weighted by molar-refractivity contribution is -0.138. The summed E-state index contributed by atoms with van der Waals surface area (Å²) in [5, 5.41) is 12.1. The molecule has 4 nitrogen and oxygen atoms in total. The molecule has 1 N–H and O–H groups in total. The van der Waals surface area contributed by atoms with Crippen molar-refractivity contribution in [3.63, 3.8) is 0 Å². The van der Waals surface area contributed by atoms with Gasteiger partial charge in [-0.2, -0.15) is 13.2 Å². The maximum absolute atomic E-state index is 12.6. The van der Waals surface area contributed by atoms with Crippen LogP contribution in [-0.4, -0.2) is 16.2 Å². The number of carboxylic acid groups (broad SMARTS) is 1. The Bertz CT molecular complexity index is 619. The number of hydrogen-bond donors (Lipinski definition) is 1. The predicted octanol–water partition coefficient (Wildman–Crippen LogP) is 3.38. The van der Waals surface area contributed by atoms with E-state index in [9.17, 15) is 18.0 Å². The van der Waals surface area contributed by atoms with Crippen molar-refractivity contribution in [3.05, 3.63) is 41.8 Å². The van der Waals surface area contributed by atoms with Crippen molar-refractivity contribution >= 4 is 5.97 Å². The summed E-state index contributed by atoms with van der Waals surface area (Å²) >= 11 is 0. The van der Waals surface area contributed by atoms with Gasteiger partial charge in [-0.1, -0.05) is 17.3 Å². The van der Waals surface area contributed by atoms with E-state index in [1.807, 2.05) is 0 Å². The number of hydrogen-bond acceptors (Lipinski definition) is 3. The summed E-state index contributed by atoms with van der Waals surface area (Å²) in [6.07, 6.45) is -3.26. The van der Waals surface area contributed by atoms with Gasteiger partial charge in [0, 0.05) is 12.0 Å². The molecule has 0 aliphatic rings. The number of aliphatic carboxylic acids is 1. The van der Waals surface area contributed by atoms with Crippen LogP contribution in [0, 0.1) is 0 Å². The van der Waals surface area contributed by atoms with Crippen LogP contribution >= 0.6 is 0 Å². The van der Waals surface area contributed by atoms with Gasteiger partial charge in [-0.25, -0.2) is 0 Å². The van der Waals surface area contributed by atoms with Crippen LogP contribution in [0.15, 0.2) is 35.0 Å². The zero-order chi connectivity index (χ0) is 14.8. The molecule has 0 aliphatic heterocycles. The highest BCUT2D eigenvalue weighted by Gasteiger charge is 2.30. The number of benzene rings is 1. The first-order chi connectivity index (χ1) is 9.38. The molecule has 1 aromatic heterocycles. The number of nitrogens with zero attached hydrogens (tertiary/aromatic N) is 1. The molecule has 1 heterocycles. The lowest BCUT2D eigenvalue weighted by Gasteiger charge is -2.08. The van der Waals surface area contributed by atoms with Crippen molar-refractivity contribution in [2.75, 3.05) is 0 Å². The molecule has 20 heavy (non-hydrogen) atoms. The van der Waals surface area contributed by atoms with Crippen molar-refractivity contribution in [2.45, 2.75) is 19.0 Å². The second-order valence-electron chi connectivity index (χ2n) is 4.13. The molecule has 2 rings (SSSR count). The second kappa shape index (κ2) is 5.36. The quantitative estimate of drug-likeness (QED) is 0.935. The van der Waals surface area contributed by atoms with Crippen molar-refractivity contribution in [1.29, 1.82) is 0 Å². The topological polar surface area (TPSA) is 63.3 Å². The molecule has 0 unspecified atom stereocenters. The predicted molar refractivity (Wildman–Crippen MR) is 62.9 cm³/mol. The SMILES string of the molecule is O=C(O)CCc1oncc1-c1cccc(C(F)(F)F)c1. The van der Waals surface area contributed by atoms with Crippen LogP contribution in [0.4, 0.5) is 13.2 Å². The van der Waals surface area contributed by atoms with Gasteiger partial charge in [0.25, 0.3) is 0 Å². The number of aromatic nitrogens is 1. The maximum Gasteiger partial charge on any atom is 0.416 e. The van der Waals surface area contributed by atoms with Gasteiger partial charge in [0.1, 0.15) is 5.76 Å². The third-order valence-corrected chi connectivity index (χ3v) is 2.71. The van der Waals surface area contributed by atoms with Crippen LogP contribution in [0.3, 0.4) is 0 Å². The highest BCUT2D eigenvalue weighted by atomic mass is 19.4. The van der Waals surface area contributed by atoms with Crippen molar-refractivity contribution < 1.29 is 27.6 Å². The molecule has 7 heteroatoms. The van der Waals surface area contributed by atoms with E-state index in [2.05, 4.69) is 5.16 Å². The second-order valence-corrected chi connectivity index (χ2v) is 4.13. The normalized spacial score (nSPS) is 11.6. The molecular formula is C13H10F3NO3. The number of halogens is 3. The zero-order valence-electron chi connectivity index (χ0n) is 10.1. The fourth-order valence-electron chi connectivity index (χ4n) is 1.76. The minimum atomic E-state index is -4.44. The van der Waals surface area contributed by atoms with Crippen molar-refractivity contribution in [2.24, 2.45) is 0 Å². The molecule has 106 valence electrons. The fraction of sp³-hybridized carbons (Fsp3) is 0.231. The first-order valence-electron chi connectivity index (χ1n) is 5.71. The van der Waals surface area contributed by atoms with Crippen molar-refractivity contribution in [1.82, 2.24) is 5.16 Å². The van der Waals surface area contributed by atoms with Crippen LogP contribution in [0.5, 0.6) is 0 Å². The Balaban J connectivity index is 2.33. The van der Waals surface area contributed by atoms with Gasteiger partial charge < -0.3 is 9.63 Å². The molecule has 0 radical (unpaired) electrons. The third kappa shape index (κ3) is 3.17. The molecule has 0 aliphatic carbocycles. The van der Waals surface area contributed by atoms with Crippen LogP contribution in [-0.2, 0) is 17.4 Å². The zero-order valence-corrected chi connectivity index (χ0v) is 10.1. The first-order valence-corrected chi connectivity index (χ1v) is 5.71. The van der Waals surface area contributed by atoms with E-state index < -0.39 is 17.7 Å². The summed E-state index contributed by atoms with van der Waals surface area (Å²) in [5.74, 6) is -0.761. The van der Waals surface area contributed by atoms with E-state index in [1.165, 1.54) is 18.3 Å². The molecular weight excluding hydrogens is 275 g/mol. The molecule has 1 aromatic carbocycles. The molecule has 0 saturated heterocycles. The van der Waals surface area contributed by atoms with E-state index in [0.717, 1.165) is 12.1 Å². The van der Waals surface area contributed by atoms with E-state index >= 15 is 0 Å². The average Bonchev–Trinajstić information content (AvgIpc) is 2.83. The van der Waals surface area contributed by atoms with Gasteiger partial charge in [-0.05, 0) is 17.7 Å². The maximum atomic E-state index is 12.6. The summed E-state index contributed by atoms with van der Waals surface area (Å²) in [6.45, 7) is 0. The Morgan fingerprint density at radius 1 is 1.35 bits per heavy atom. The van der Waals surface area contributed by atoms with Gasteiger partial charge in [0.05, 0.1) is 18.2 Å². The number of alkyl halides is 3. The summed E-state index contributed by atoms with van der Waals surface area (Å²) in [6, 6.07) is 4.73. The molecule has 0 atom stereocenters. The van der Waals surface area contributed by atoms with Gasteiger partial charge >= 0.3 is 12.1 Å². The summed E-state index contributed by atoms with van der Waals surface area (Å²) < 4.78 is 42.8.